The van der Waals surface area contributed by atoms with Crippen LogP contribution in [0.3, 0.4) is 0 Å². The molecule has 0 radical (unpaired) electrons. The van der Waals surface area contributed by atoms with Crippen molar-refractivity contribution in [3.05, 3.63) is 41.6 Å². The Morgan fingerprint density at radius 2 is 2.00 bits per heavy atom. The summed E-state index contributed by atoms with van der Waals surface area (Å²) in [6, 6.07) is 4.44. The number of esters is 1. The number of carbonyl (C=O) groups is 1. The first kappa shape index (κ1) is 12.3. The van der Waals surface area contributed by atoms with E-state index in [9.17, 15) is 18.0 Å². The van der Waals surface area contributed by atoms with E-state index >= 15 is 0 Å². The molecule has 0 aliphatic heterocycles. The van der Waals surface area contributed by atoms with Crippen LogP contribution in [0, 0.1) is 0 Å². The number of fused-ring (bicyclic) bond motifs is 1. The molecule has 0 aliphatic rings. The van der Waals surface area contributed by atoms with Gasteiger partial charge in [0.25, 0.3) is 0 Å². The number of carbonyl (C=O) groups excluding carboxylic acids is 1. The van der Waals surface area contributed by atoms with Crippen LogP contribution in [0.4, 0.5) is 13.2 Å². The Hall–Kier alpha value is -2.11. The lowest BCUT2D eigenvalue weighted by atomic mass is 10.1. The zero-order chi connectivity index (χ0) is 13.3. The number of alkyl halides is 3. The van der Waals surface area contributed by atoms with Crippen molar-refractivity contribution in [3.8, 4) is 0 Å². The van der Waals surface area contributed by atoms with Gasteiger partial charge in [-0.25, -0.2) is 4.79 Å². The second-order valence-electron chi connectivity index (χ2n) is 3.58. The maximum atomic E-state index is 12.5. The monoisotopic (exact) mass is 255 g/mol. The molecular weight excluding hydrogens is 247 g/mol. The summed E-state index contributed by atoms with van der Waals surface area (Å²) >= 11 is 0. The highest BCUT2D eigenvalue weighted by Gasteiger charge is 2.30. The summed E-state index contributed by atoms with van der Waals surface area (Å²) in [5.74, 6) is -0.609. The van der Waals surface area contributed by atoms with Crippen LogP contribution >= 0.6 is 0 Å². The summed E-state index contributed by atoms with van der Waals surface area (Å²) in [6.45, 7) is 0. The highest BCUT2D eigenvalue weighted by molar-refractivity contribution is 6.03. The van der Waals surface area contributed by atoms with Crippen molar-refractivity contribution < 1.29 is 22.7 Å². The number of nitrogens with zero attached hydrogens (tertiary/aromatic N) is 1. The second kappa shape index (κ2) is 4.29. The van der Waals surface area contributed by atoms with Gasteiger partial charge in [0.2, 0.25) is 0 Å². The van der Waals surface area contributed by atoms with Crippen LogP contribution in [-0.4, -0.2) is 18.1 Å². The van der Waals surface area contributed by atoms with Gasteiger partial charge in [-0.2, -0.15) is 13.2 Å². The number of methoxy groups -OCH3 is 1. The molecule has 0 N–H and O–H groups in total. The fraction of sp³-hybridized carbons (Fsp3) is 0.167. The van der Waals surface area contributed by atoms with E-state index in [0.717, 1.165) is 12.1 Å². The topological polar surface area (TPSA) is 39.2 Å². The second-order valence-corrected chi connectivity index (χ2v) is 3.58. The van der Waals surface area contributed by atoms with Gasteiger partial charge in [-0.15, -0.1) is 0 Å². The fourth-order valence-electron chi connectivity index (χ4n) is 1.61. The SMILES string of the molecule is COC(=O)c1ccnc2cc(C(F)(F)F)ccc12. The van der Waals surface area contributed by atoms with Crippen molar-refractivity contribution >= 4 is 16.9 Å². The molecule has 3 nitrogen and oxygen atoms in total. The van der Waals surface area contributed by atoms with Crippen molar-refractivity contribution in [2.75, 3.05) is 7.11 Å². The summed E-state index contributed by atoms with van der Waals surface area (Å²) in [5.41, 5.74) is -0.506. The van der Waals surface area contributed by atoms with Crippen LogP contribution in [0.2, 0.25) is 0 Å². The average Bonchev–Trinajstić information content (AvgIpc) is 2.35. The first-order chi connectivity index (χ1) is 8.43. The molecule has 18 heavy (non-hydrogen) atoms. The largest absolute Gasteiger partial charge is 0.465 e. The molecule has 1 aromatic carbocycles. The van der Waals surface area contributed by atoms with Gasteiger partial charge in [0, 0.05) is 11.6 Å². The quantitative estimate of drug-likeness (QED) is 0.735. The van der Waals surface area contributed by atoms with E-state index in [0.29, 0.717) is 5.39 Å². The highest BCUT2D eigenvalue weighted by atomic mass is 19.4. The molecule has 0 bridgehead atoms. The molecule has 0 saturated heterocycles. The Labute approximate surface area is 100 Å². The minimum Gasteiger partial charge on any atom is -0.465 e. The van der Waals surface area contributed by atoms with Gasteiger partial charge in [0.05, 0.1) is 23.8 Å². The van der Waals surface area contributed by atoms with Crippen molar-refractivity contribution in [2.24, 2.45) is 0 Å². The van der Waals surface area contributed by atoms with Crippen LogP contribution < -0.4 is 0 Å². The molecule has 0 unspecified atom stereocenters. The van der Waals surface area contributed by atoms with Crippen LogP contribution in [0.1, 0.15) is 15.9 Å². The predicted octanol–water partition coefficient (Wildman–Crippen LogP) is 3.04. The normalized spacial score (nSPS) is 11.6. The van der Waals surface area contributed by atoms with E-state index in [1.807, 2.05) is 0 Å². The summed E-state index contributed by atoms with van der Waals surface area (Å²) in [7, 11) is 1.21. The van der Waals surface area contributed by atoms with E-state index in [1.165, 1.54) is 25.4 Å². The summed E-state index contributed by atoms with van der Waals surface area (Å²) < 4.78 is 42.1. The van der Waals surface area contributed by atoms with Crippen LogP contribution in [0.15, 0.2) is 30.5 Å². The fourth-order valence-corrected chi connectivity index (χ4v) is 1.61. The van der Waals surface area contributed by atoms with E-state index in [1.54, 1.807) is 0 Å². The number of halogens is 3. The third kappa shape index (κ3) is 2.13. The molecule has 0 spiro atoms. The van der Waals surface area contributed by atoms with Gasteiger partial charge < -0.3 is 4.74 Å². The van der Waals surface area contributed by atoms with Gasteiger partial charge in [-0.05, 0) is 18.2 Å². The molecule has 0 aliphatic carbocycles. The first-order valence-corrected chi connectivity index (χ1v) is 4.98. The number of rotatable bonds is 1. The van der Waals surface area contributed by atoms with Crippen molar-refractivity contribution in [2.45, 2.75) is 6.18 Å². The van der Waals surface area contributed by atoms with Gasteiger partial charge in [-0.3, -0.25) is 4.98 Å². The van der Waals surface area contributed by atoms with E-state index in [2.05, 4.69) is 9.72 Å². The summed E-state index contributed by atoms with van der Waals surface area (Å²) in [6.07, 6.45) is -3.16. The Kier molecular flexibility index (Phi) is 2.94. The Morgan fingerprint density at radius 1 is 1.28 bits per heavy atom. The minimum atomic E-state index is -4.43. The minimum absolute atomic E-state index is 0.104. The molecule has 0 atom stereocenters. The molecule has 1 heterocycles. The van der Waals surface area contributed by atoms with Gasteiger partial charge >= 0.3 is 12.1 Å². The van der Waals surface area contributed by atoms with Crippen molar-refractivity contribution in [1.82, 2.24) is 4.98 Å². The molecule has 1 aromatic heterocycles. The maximum Gasteiger partial charge on any atom is 0.416 e. The van der Waals surface area contributed by atoms with Crippen molar-refractivity contribution in [1.29, 1.82) is 0 Å². The number of hydrogen-bond donors (Lipinski definition) is 0. The van der Waals surface area contributed by atoms with Gasteiger partial charge in [0.1, 0.15) is 0 Å². The zero-order valence-corrected chi connectivity index (χ0v) is 9.28. The third-order valence-electron chi connectivity index (χ3n) is 2.48. The standard InChI is InChI=1S/C12H8F3NO2/c1-18-11(17)9-4-5-16-10-6-7(12(13,14)15)2-3-8(9)10/h2-6H,1H3. The summed E-state index contributed by atoms with van der Waals surface area (Å²) in [5, 5.41) is 0.331. The lowest BCUT2D eigenvalue weighted by Crippen LogP contribution is -2.06. The molecular formula is C12H8F3NO2. The van der Waals surface area contributed by atoms with E-state index < -0.39 is 17.7 Å². The Bertz CT molecular complexity index is 608. The predicted molar refractivity (Wildman–Crippen MR) is 58.1 cm³/mol. The first-order valence-electron chi connectivity index (χ1n) is 4.98. The van der Waals surface area contributed by atoms with Crippen LogP contribution in [0.5, 0.6) is 0 Å². The lowest BCUT2D eigenvalue weighted by Gasteiger charge is -2.08. The molecule has 0 saturated carbocycles. The molecule has 2 aromatic rings. The zero-order valence-electron chi connectivity index (χ0n) is 9.28. The highest BCUT2D eigenvalue weighted by Crippen LogP contribution is 2.31. The number of aromatic nitrogens is 1. The molecule has 6 heteroatoms. The Balaban J connectivity index is 2.64. The summed E-state index contributed by atoms with van der Waals surface area (Å²) in [4.78, 5) is 15.3. The molecule has 94 valence electrons. The molecule has 0 fully saturated rings. The molecule has 2 rings (SSSR count). The molecule has 0 amide bonds. The van der Waals surface area contributed by atoms with E-state index in [-0.39, 0.29) is 11.1 Å². The smallest absolute Gasteiger partial charge is 0.416 e. The number of ether oxygens (including phenoxy) is 1. The third-order valence-corrected chi connectivity index (χ3v) is 2.48. The maximum absolute atomic E-state index is 12.5. The van der Waals surface area contributed by atoms with Crippen molar-refractivity contribution in [3.63, 3.8) is 0 Å². The van der Waals surface area contributed by atoms with E-state index in [4.69, 9.17) is 0 Å². The lowest BCUT2D eigenvalue weighted by molar-refractivity contribution is -0.137. The van der Waals surface area contributed by atoms with Gasteiger partial charge in [0.15, 0.2) is 0 Å². The number of benzene rings is 1. The van der Waals surface area contributed by atoms with Crippen LogP contribution in [0.25, 0.3) is 10.9 Å². The number of pyridine rings is 1. The average molecular weight is 255 g/mol. The number of hydrogen-bond acceptors (Lipinski definition) is 3. The van der Waals surface area contributed by atoms with Crippen LogP contribution in [-0.2, 0) is 10.9 Å². The van der Waals surface area contributed by atoms with Gasteiger partial charge in [-0.1, -0.05) is 6.07 Å². The Morgan fingerprint density at radius 3 is 2.61 bits per heavy atom.